The highest BCUT2D eigenvalue weighted by molar-refractivity contribution is 8.05. The van der Waals surface area contributed by atoms with Gasteiger partial charge in [0.05, 0.1) is 17.3 Å². The van der Waals surface area contributed by atoms with Crippen LogP contribution in [0, 0.1) is 0 Å². The van der Waals surface area contributed by atoms with Gasteiger partial charge < -0.3 is 10.5 Å². The second-order valence-corrected chi connectivity index (χ2v) is 5.84. The minimum Gasteiger partial charge on any atom is -0.465 e. The maximum absolute atomic E-state index is 11.6. The lowest BCUT2D eigenvalue weighted by Gasteiger charge is -2.04. The minimum atomic E-state index is -0.431. The molecule has 0 aliphatic carbocycles. The van der Waals surface area contributed by atoms with Gasteiger partial charge >= 0.3 is 5.97 Å². The fourth-order valence-corrected chi connectivity index (χ4v) is 3.39. The minimum absolute atomic E-state index is 0.386. The summed E-state index contributed by atoms with van der Waals surface area (Å²) in [5, 5.41) is 0. The van der Waals surface area contributed by atoms with E-state index in [2.05, 4.69) is 4.98 Å². The molecule has 0 amide bonds. The van der Waals surface area contributed by atoms with Crippen molar-refractivity contribution in [1.29, 1.82) is 0 Å². The molecule has 0 spiro atoms. The number of hydrogen-bond acceptors (Lipinski definition) is 6. The van der Waals surface area contributed by atoms with Crippen molar-refractivity contribution in [1.82, 2.24) is 4.98 Å². The number of esters is 1. The predicted octanol–water partition coefficient (Wildman–Crippen LogP) is 2.75. The molecule has 1 aromatic heterocycles. The van der Waals surface area contributed by atoms with Crippen LogP contribution in [0.3, 0.4) is 0 Å². The average Bonchev–Trinajstić information content (AvgIpc) is 2.77. The summed E-state index contributed by atoms with van der Waals surface area (Å²) in [6.45, 7) is 1.67. The first-order valence-electron chi connectivity index (χ1n) is 5.20. The number of carbonyl (C=O) groups is 1. The smallest absolute Gasteiger partial charge is 0.346 e. The Morgan fingerprint density at radius 3 is 2.78 bits per heavy atom. The number of allylic oxidation sites excluding steroid dienone is 1. The third kappa shape index (κ3) is 2.65. The number of ether oxygens (including phenoxy) is 1. The van der Waals surface area contributed by atoms with Gasteiger partial charge in [0, 0.05) is 5.70 Å². The molecule has 0 aliphatic heterocycles. The lowest BCUT2D eigenvalue weighted by atomic mass is 10.3. The normalized spacial score (nSPS) is 12.3. The van der Waals surface area contributed by atoms with Crippen molar-refractivity contribution >= 4 is 39.3 Å². The summed E-state index contributed by atoms with van der Waals surface area (Å²) in [6.07, 6.45) is 0. The van der Waals surface area contributed by atoms with E-state index < -0.39 is 5.97 Å². The molecule has 2 aromatic rings. The summed E-state index contributed by atoms with van der Waals surface area (Å²) in [4.78, 5) is 16.4. The first kappa shape index (κ1) is 12.9. The Labute approximate surface area is 113 Å². The zero-order chi connectivity index (χ0) is 13.1. The van der Waals surface area contributed by atoms with Gasteiger partial charge in [-0.25, -0.2) is 9.78 Å². The molecule has 0 saturated carbocycles. The number of nitrogens with zero attached hydrogens (tertiary/aromatic N) is 1. The van der Waals surface area contributed by atoms with Gasteiger partial charge in [0.15, 0.2) is 4.34 Å². The number of hydrogen-bond donors (Lipinski definition) is 1. The zero-order valence-corrected chi connectivity index (χ0v) is 11.6. The molecule has 0 saturated heterocycles. The quantitative estimate of drug-likeness (QED) is 0.532. The van der Waals surface area contributed by atoms with Gasteiger partial charge in [-0.05, 0) is 30.8 Å². The maximum atomic E-state index is 11.6. The van der Waals surface area contributed by atoms with Gasteiger partial charge in [-0.1, -0.05) is 12.1 Å². The molecule has 2 N–H and O–H groups in total. The van der Waals surface area contributed by atoms with Crippen LogP contribution in [0.2, 0.25) is 0 Å². The van der Waals surface area contributed by atoms with Gasteiger partial charge in [0.1, 0.15) is 4.91 Å². The van der Waals surface area contributed by atoms with E-state index in [1.807, 2.05) is 24.3 Å². The summed E-state index contributed by atoms with van der Waals surface area (Å²) in [5.41, 5.74) is 7.05. The van der Waals surface area contributed by atoms with Crippen molar-refractivity contribution in [2.24, 2.45) is 5.73 Å². The first-order chi connectivity index (χ1) is 8.61. The number of para-hydroxylation sites is 1. The highest BCUT2D eigenvalue weighted by atomic mass is 32.2. The summed E-state index contributed by atoms with van der Waals surface area (Å²) < 4.78 is 6.56. The van der Waals surface area contributed by atoms with E-state index >= 15 is 0 Å². The van der Waals surface area contributed by atoms with Crippen LogP contribution >= 0.6 is 23.1 Å². The Balaban J connectivity index is 2.32. The average molecular weight is 280 g/mol. The Morgan fingerprint density at radius 2 is 2.17 bits per heavy atom. The first-order valence-corrected chi connectivity index (χ1v) is 6.83. The standard InChI is InChI=1S/C12H12N2O2S2/c1-7(13)10(11(15)16-2)18-12-14-8-5-3-4-6-9(8)17-12/h3-6H,13H2,1-2H3/b10-7-. The Morgan fingerprint density at radius 1 is 1.44 bits per heavy atom. The van der Waals surface area contributed by atoms with Crippen molar-refractivity contribution in [2.45, 2.75) is 11.3 Å². The second kappa shape index (κ2) is 5.41. The molecule has 0 radical (unpaired) electrons. The SMILES string of the molecule is COC(=O)/C(Sc1nc2ccccc2s1)=C(\C)N. The molecular weight excluding hydrogens is 268 g/mol. The number of methoxy groups -OCH3 is 1. The molecule has 0 bridgehead atoms. The molecule has 6 heteroatoms. The van der Waals surface area contributed by atoms with E-state index in [9.17, 15) is 4.79 Å². The van der Waals surface area contributed by atoms with Crippen LogP contribution in [0.4, 0.5) is 0 Å². The van der Waals surface area contributed by atoms with Gasteiger partial charge in [0.2, 0.25) is 0 Å². The van der Waals surface area contributed by atoms with Crippen LogP contribution in [0.1, 0.15) is 6.92 Å². The summed E-state index contributed by atoms with van der Waals surface area (Å²) in [6, 6.07) is 7.82. The number of thioether (sulfide) groups is 1. The van der Waals surface area contributed by atoms with E-state index in [-0.39, 0.29) is 0 Å². The third-order valence-electron chi connectivity index (χ3n) is 2.19. The highest BCUT2D eigenvalue weighted by Gasteiger charge is 2.16. The summed E-state index contributed by atoms with van der Waals surface area (Å²) >= 11 is 2.77. The summed E-state index contributed by atoms with van der Waals surface area (Å²) in [5.74, 6) is -0.431. The third-order valence-corrected chi connectivity index (χ3v) is 4.48. The summed E-state index contributed by atoms with van der Waals surface area (Å²) in [7, 11) is 1.34. The number of fused-ring (bicyclic) bond motifs is 1. The Hall–Kier alpha value is -1.53. The van der Waals surface area contributed by atoms with Crippen LogP contribution in [-0.4, -0.2) is 18.1 Å². The van der Waals surface area contributed by atoms with E-state index in [1.54, 1.807) is 6.92 Å². The lowest BCUT2D eigenvalue weighted by molar-refractivity contribution is -0.135. The van der Waals surface area contributed by atoms with Gasteiger partial charge in [-0.2, -0.15) is 0 Å². The van der Waals surface area contributed by atoms with Crippen LogP contribution in [0.5, 0.6) is 0 Å². The molecule has 18 heavy (non-hydrogen) atoms. The molecule has 0 aliphatic rings. The van der Waals surface area contributed by atoms with Crippen molar-refractivity contribution < 1.29 is 9.53 Å². The second-order valence-electron chi connectivity index (χ2n) is 3.55. The van der Waals surface area contributed by atoms with Crippen molar-refractivity contribution in [3.05, 3.63) is 34.9 Å². The molecule has 2 rings (SSSR count). The van der Waals surface area contributed by atoms with Crippen LogP contribution < -0.4 is 5.73 Å². The van der Waals surface area contributed by atoms with Crippen molar-refractivity contribution in [2.75, 3.05) is 7.11 Å². The van der Waals surface area contributed by atoms with Crippen LogP contribution in [0.15, 0.2) is 39.2 Å². The largest absolute Gasteiger partial charge is 0.465 e. The molecule has 94 valence electrons. The topological polar surface area (TPSA) is 65.2 Å². The molecule has 4 nitrogen and oxygen atoms in total. The number of aromatic nitrogens is 1. The molecular formula is C12H12N2O2S2. The van der Waals surface area contributed by atoms with Crippen molar-refractivity contribution in [3.8, 4) is 0 Å². The fourth-order valence-electron chi connectivity index (χ4n) is 1.36. The van der Waals surface area contributed by atoms with Gasteiger partial charge in [-0.3, -0.25) is 0 Å². The molecule has 1 aromatic carbocycles. The Bertz CT molecular complexity index is 582. The Kier molecular flexibility index (Phi) is 3.88. The fraction of sp³-hybridized carbons (Fsp3) is 0.167. The molecule has 0 fully saturated rings. The lowest BCUT2D eigenvalue weighted by Crippen LogP contribution is -2.08. The predicted molar refractivity (Wildman–Crippen MR) is 74.4 cm³/mol. The van der Waals surface area contributed by atoms with Gasteiger partial charge in [0.25, 0.3) is 0 Å². The van der Waals surface area contributed by atoms with Crippen molar-refractivity contribution in [3.63, 3.8) is 0 Å². The number of thiazole rings is 1. The number of nitrogens with two attached hydrogens (primary N) is 1. The highest BCUT2D eigenvalue weighted by Crippen LogP contribution is 2.34. The monoisotopic (exact) mass is 280 g/mol. The van der Waals surface area contributed by atoms with Gasteiger partial charge in [-0.15, -0.1) is 11.3 Å². The molecule has 0 atom stereocenters. The van der Waals surface area contributed by atoms with E-state index in [0.29, 0.717) is 10.6 Å². The van der Waals surface area contributed by atoms with Crippen LogP contribution in [-0.2, 0) is 9.53 Å². The number of carbonyl (C=O) groups excluding carboxylic acids is 1. The maximum Gasteiger partial charge on any atom is 0.346 e. The number of benzene rings is 1. The van der Waals surface area contributed by atoms with E-state index in [0.717, 1.165) is 14.6 Å². The molecule has 1 heterocycles. The van der Waals surface area contributed by atoms with E-state index in [1.165, 1.54) is 30.2 Å². The molecule has 0 unspecified atom stereocenters. The van der Waals surface area contributed by atoms with E-state index in [4.69, 9.17) is 10.5 Å². The number of rotatable bonds is 3. The zero-order valence-electron chi connectivity index (χ0n) is 9.97. The van der Waals surface area contributed by atoms with Crippen LogP contribution in [0.25, 0.3) is 10.2 Å².